The van der Waals surface area contributed by atoms with Crippen LogP contribution in [-0.2, 0) is 17.4 Å². The van der Waals surface area contributed by atoms with Gasteiger partial charge in [-0.2, -0.15) is 26.3 Å². The van der Waals surface area contributed by atoms with E-state index in [0.717, 1.165) is 6.07 Å². The van der Waals surface area contributed by atoms with E-state index in [1.54, 1.807) is 4.90 Å². The van der Waals surface area contributed by atoms with Crippen molar-refractivity contribution in [3.63, 3.8) is 0 Å². The summed E-state index contributed by atoms with van der Waals surface area (Å²) in [6, 6.07) is 7.88. The first kappa shape index (κ1) is 34.6. The van der Waals surface area contributed by atoms with Gasteiger partial charge in [0.2, 0.25) is 0 Å². The van der Waals surface area contributed by atoms with Gasteiger partial charge in [-0.3, -0.25) is 18.9 Å². The van der Waals surface area contributed by atoms with Gasteiger partial charge in [-0.25, -0.2) is 9.37 Å². The molecule has 4 aromatic rings. The number of hydrogen-bond acceptors (Lipinski definition) is 5. The fourth-order valence-electron chi connectivity index (χ4n) is 4.81. The molecule has 1 aliphatic rings. The molecular weight excluding hydrogens is 674 g/mol. The van der Waals surface area contributed by atoms with Gasteiger partial charge in [-0.15, -0.1) is 0 Å². The van der Waals surface area contributed by atoms with Gasteiger partial charge in [-0.05, 0) is 35.9 Å². The van der Waals surface area contributed by atoms with Crippen LogP contribution in [0.2, 0.25) is 10.2 Å². The van der Waals surface area contributed by atoms with Crippen LogP contribution in [0.5, 0.6) is 0 Å². The van der Waals surface area contributed by atoms with Crippen molar-refractivity contribution in [3.8, 4) is 0 Å². The first-order valence-electron chi connectivity index (χ1n) is 13.2. The molecule has 2 N–H and O–H groups in total. The molecular formula is C28H22Cl2F7N5O4. The number of halogens is 9. The number of anilines is 1. The van der Waals surface area contributed by atoms with E-state index in [4.69, 9.17) is 33.1 Å². The van der Waals surface area contributed by atoms with Crippen molar-refractivity contribution in [1.29, 1.82) is 0 Å². The van der Waals surface area contributed by atoms with E-state index in [1.807, 2.05) is 0 Å². The van der Waals surface area contributed by atoms with Gasteiger partial charge in [0.1, 0.15) is 34.6 Å². The molecule has 46 heavy (non-hydrogen) atoms. The number of carboxylic acids is 1. The van der Waals surface area contributed by atoms with Crippen LogP contribution in [0.3, 0.4) is 0 Å². The monoisotopic (exact) mass is 695 g/mol. The summed E-state index contributed by atoms with van der Waals surface area (Å²) in [5.74, 6) is -4.34. The molecule has 0 saturated carbocycles. The van der Waals surface area contributed by atoms with Gasteiger partial charge >= 0.3 is 12.4 Å². The summed E-state index contributed by atoms with van der Waals surface area (Å²) < 4.78 is 88.4. The Morgan fingerprint density at radius 3 is 2.35 bits per heavy atom. The zero-order valence-electron chi connectivity index (χ0n) is 23.2. The van der Waals surface area contributed by atoms with Crippen molar-refractivity contribution in [2.75, 3.05) is 31.1 Å². The molecule has 0 unspecified atom stereocenters. The van der Waals surface area contributed by atoms with E-state index in [9.17, 15) is 40.3 Å². The lowest BCUT2D eigenvalue weighted by atomic mass is 10.0. The summed E-state index contributed by atoms with van der Waals surface area (Å²) in [5, 5.41) is 9.15. The first-order valence-corrected chi connectivity index (χ1v) is 14.0. The molecule has 0 bridgehead atoms. The van der Waals surface area contributed by atoms with Crippen LogP contribution in [0, 0.1) is 5.82 Å². The van der Waals surface area contributed by atoms with E-state index >= 15 is 0 Å². The molecule has 0 atom stereocenters. The number of rotatable bonds is 4. The van der Waals surface area contributed by atoms with Crippen LogP contribution < -0.4 is 20.5 Å². The molecule has 9 nitrogen and oxygen atoms in total. The normalized spacial score (nSPS) is 14.1. The lowest BCUT2D eigenvalue weighted by Crippen LogP contribution is -2.37. The van der Waals surface area contributed by atoms with Crippen molar-refractivity contribution < 1.29 is 50.4 Å². The van der Waals surface area contributed by atoms with Crippen molar-refractivity contribution in [2.45, 2.75) is 25.2 Å². The molecule has 18 heteroatoms. The Morgan fingerprint density at radius 2 is 1.70 bits per heavy atom. The van der Waals surface area contributed by atoms with Gasteiger partial charge in [0.25, 0.3) is 17.3 Å². The number of fused-ring (bicyclic) bond motifs is 1. The van der Waals surface area contributed by atoms with Crippen LogP contribution in [0.1, 0.15) is 33.6 Å². The van der Waals surface area contributed by atoms with Gasteiger partial charge in [0, 0.05) is 31.3 Å². The van der Waals surface area contributed by atoms with Gasteiger partial charge in [0.15, 0.2) is 0 Å². The highest BCUT2D eigenvalue weighted by molar-refractivity contribution is 6.42. The van der Waals surface area contributed by atoms with Crippen LogP contribution in [0.15, 0.2) is 53.6 Å². The molecule has 246 valence electrons. The van der Waals surface area contributed by atoms with Crippen molar-refractivity contribution in [3.05, 3.63) is 97.5 Å². The second-order valence-electron chi connectivity index (χ2n) is 9.95. The van der Waals surface area contributed by atoms with Crippen molar-refractivity contribution in [2.24, 2.45) is 0 Å². The summed E-state index contributed by atoms with van der Waals surface area (Å²) in [7, 11) is 0. The fourth-order valence-corrected chi connectivity index (χ4v) is 5.25. The minimum absolute atomic E-state index is 0.0662. The number of hydrogen-bond donors (Lipinski definition) is 1. The molecule has 1 fully saturated rings. The predicted molar refractivity (Wildman–Crippen MR) is 149 cm³/mol. The van der Waals surface area contributed by atoms with Crippen LogP contribution in [0.25, 0.3) is 5.52 Å². The maximum absolute atomic E-state index is 14.8. The summed E-state index contributed by atoms with van der Waals surface area (Å²) in [6.07, 6.45) is -6.23. The highest BCUT2D eigenvalue weighted by Crippen LogP contribution is 2.34. The minimum atomic E-state index is -5.19. The molecule has 4 heterocycles. The SMILES string of the molecule is O=C([O-])C(F)(F)F.O=C(c1cc(Cc2c[nH]c(=O)c3cc(Cl)c(Cl)n23)ccc1F)N1CCCN(c2[nH+]cccc2C(F)(F)F)CC1. The average molecular weight is 696 g/mol. The predicted octanol–water partition coefficient (Wildman–Crippen LogP) is 4.15. The summed E-state index contributed by atoms with van der Waals surface area (Å²) in [6.45, 7) is 0.795. The highest BCUT2D eigenvalue weighted by Gasteiger charge is 2.39. The van der Waals surface area contributed by atoms with E-state index in [2.05, 4.69) is 9.97 Å². The van der Waals surface area contributed by atoms with Gasteiger partial charge < -0.3 is 19.8 Å². The van der Waals surface area contributed by atoms with Crippen LogP contribution in [-0.4, -0.2) is 58.5 Å². The second kappa shape index (κ2) is 13.6. The zero-order chi connectivity index (χ0) is 34.0. The van der Waals surface area contributed by atoms with Crippen molar-refractivity contribution in [1.82, 2.24) is 14.3 Å². The minimum Gasteiger partial charge on any atom is -0.542 e. The number of H-pyrrole nitrogens is 2. The Balaban J connectivity index is 0.000000617. The van der Waals surface area contributed by atoms with Gasteiger partial charge in [-0.1, -0.05) is 29.3 Å². The lowest BCUT2D eigenvalue weighted by Gasteiger charge is -2.21. The van der Waals surface area contributed by atoms with Crippen molar-refractivity contribution >= 4 is 46.4 Å². The molecule has 1 aliphatic heterocycles. The van der Waals surface area contributed by atoms with Gasteiger partial charge in [0.05, 0.1) is 29.9 Å². The highest BCUT2D eigenvalue weighted by atomic mass is 35.5. The number of nitrogens with one attached hydrogen (secondary N) is 2. The quantitative estimate of drug-likeness (QED) is 0.323. The third-order valence-corrected chi connectivity index (χ3v) is 7.66. The molecule has 1 aromatic carbocycles. The van der Waals surface area contributed by atoms with E-state index in [0.29, 0.717) is 17.7 Å². The number of aliphatic carboxylic acids is 1. The van der Waals surface area contributed by atoms with E-state index in [1.165, 1.54) is 52.0 Å². The molecule has 3 aromatic heterocycles. The Kier molecular flexibility index (Phi) is 10.2. The first-order chi connectivity index (χ1) is 21.5. The Bertz CT molecular complexity index is 1820. The zero-order valence-corrected chi connectivity index (χ0v) is 24.7. The number of aromatic nitrogens is 3. The number of alkyl halides is 6. The lowest BCUT2D eigenvalue weighted by molar-refractivity contribution is -0.367. The maximum atomic E-state index is 14.8. The standard InChI is InChI=1S/C26H21Cl2F4N5O2.C2HF3O2/c27-19-13-21-24(38)34-14-16(37(21)22(19)28)11-15-4-5-20(29)17(12-15)25(39)36-8-2-7-35(9-10-36)23-18(26(30,31)32)3-1-6-33-23;3-2(4,5)1(6)7/h1,3-6,12-14H,2,7-11H2,(H,34,38);(H,6,7). The molecule has 0 radical (unpaired) electrons. The summed E-state index contributed by atoms with van der Waals surface area (Å²) >= 11 is 12.4. The van der Waals surface area contributed by atoms with E-state index in [-0.39, 0.29) is 65.2 Å². The largest absolute Gasteiger partial charge is 0.542 e. The van der Waals surface area contributed by atoms with Crippen LogP contribution in [0.4, 0.5) is 36.6 Å². The smallest absolute Gasteiger partial charge is 0.430 e. The number of carboxylic acid groups (broad SMARTS) is 1. The number of amides is 1. The number of carbonyl (C=O) groups is 2. The van der Waals surface area contributed by atoms with E-state index < -0.39 is 35.6 Å². The summed E-state index contributed by atoms with van der Waals surface area (Å²) in [4.78, 5) is 42.6. The maximum Gasteiger partial charge on any atom is 0.430 e. The molecule has 0 aliphatic carbocycles. The number of carbonyl (C=O) groups excluding carboxylic acids is 2. The number of pyridine rings is 1. The molecule has 0 spiro atoms. The Morgan fingerprint density at radius 1 is 1.00 bits per heavy atom. The second-order valence-corrected chi connectivity index (χ2v) is 10.7. The molecule has 1 saturated heterocycles. The topological polar surface area (TPSA) is 115 Å². The number of aromatic amines is 2. The number of benzene rings is 1. The molecule has 5 rings (SSSR count). The third kappa shape index (κ3) is 7.73. The average Bonchev–Trinajstić information content (AvgIpc) is 3.14. The Hall–Kier alpha value is -4.31. The number of nitrogens with zero attached hydrogens (tertiary/aromatic N) is 3. The fraction of sp³-hybridized carbons (Fsp3) is 0.286. The van der Waals surface area contributed by atoms with Crippen LogP contribution >= 0.6 is 23.2 Å². The third-order valence-electron chi connectivity index (χ3n) is 6.90. The Labute approximate surface area is 264 Å². The molecule has 1 amide bonds. The summed E-state index contributed by atoms with van der Waals surface area (Å²) in [5.41, 5.74) is 0.0766.